The van der Waals surface area contributed by atoms with Crippen LogP contribution in [0, 0.1) is 15.9 Å². The van der Waals surface area contributed by atoms with Gasteiger partial charge in [-0.2, -0.15) is 5.10 Å². The Kier molecular flexibility index (Phi) is 9.06. The van der Waals surface area contributed by atoms with Crippen molar-refractivity contribution in [1.82, 2.24) is 20.0 Å². The summed E-state index contributed by atoms with van der Waals surface area (Å²) in [7, 11) is 0. The number of amides is 1. The Bertz CT molecular complexity index is 2080. The molecule has 1 N–H and O–H groups in total. The minimum Gasteiger partial charge on any atom is -0.411 e. The Balaban J connectivity index is 1.08. The fourth-order valence-corrected chi connectivity index (χ4v) is 5.02. The first-order chi connectivity index (χ1) is 22.8. The summed E-state index contributed by atoms with van der Waals surface area (Å²) in [4.78, 5) is 35.5. The standard InChI is InChI=1S/C34H23FN6O5S/c35-25-13-9-24(10-14-25)32-29(20-40(39-32)27-4-2-1-3-5-27)33-37-38-34(46-33)47-21-31(43)36-26-15-11-23(12-16-26)30(42)19-8-22-6-17-28(18-7-22)41(44)45/h1-20H,21H2,(H,36,43)/b19-8+. The van der Waals surface area contributed by atoms with Crippen molar-refractivity contribution in [3.05, 3.63) is 142 Å². The number of thioether (sulfide) groups is 1. The largest absolute Gasteiger partial charge is 0.411 e. The number of benzene rings is 4. The molecule has 0 saturated carbocycles. The summed E-state index contributed by atoms with van der Waals surface area (Å²) in [6.45, 7) is 0. The molecular weight excluding hydrogens is 623 g/mol. The maximum Gasteiger partial charge on any atom is 0.277 e. The van der Waals surface area contributed by atoms with Gasteiger partial charge in [0.05, 0.1) is 21.9 Å². The number of nitro groups is 1. The van der Waals surface area contributed by atoms with E-state index < -0.39 is 4.92 Å². The molecule has 0 unspecified atom stereocenters. The van der Waals surface area contributed by atoms with Gasteiger partial charge in [-0.15, -0.1) is 10.2 Å². The normalized spacial score (nSPS) is 11.1. The number of nitro benzene ring substituents is 1. The number of rotatable bonds is 11. The number of carbonyl (C=O) groups excluding carboxylic acids is 2. The zero-order valence-corrected chi connectivity index (χ0v) is 25.1. The fourth-order valence-electron chi connectivity index (χ4n) is 4.46. The van der Waals surface area contributed by atoms with E-state index in [9.17, 15) is 24.1 Å². The number of allylic oxidation sites excluding steroid dienone is 1. The van der Waals surface area contributed by atoms with Crippen LogP contribution in [0.1, 0.15) is 15.9 Å². The zero-order chi connectivity index (χ0) is 32.8. The number of nitrogens with one attached hydrogen (secondary N) is 1. The van der Waals surface area contributed by atoms with Crippen molar-refractivity contribution in [3.8, 4) is 28.4 Å². The van der Waals surface area contributed by atoms with Crippen LogP contribution in [0.15, 0.2) is 125 Å². The highest BCUT2D eigenvalue weighted by molar-refractivity contribution is 7.99. The first kappa shape index (κ1) is 30.8. The van der Waals surface area contributed by atoms with Crippen molar-refractivity contribution in [2.75, 3.05) is 11.1 Å². The maximum absolute atomic E-state index is 13.6. The topological polar surface area (TPSA) is 146 Å². The second-order valence-electron chi connectivity index (χ2n) is 10.0. The van der Waals surface area contributed by atoms with Crippen molar-refractivity contribution in [2.45, 2.75) is 5.22 Å². The number of carbonyl (C=O) groups is 2. The summed E-state index contributed by atoms with van der Waals surface area (Å²) in [6.07, 6.45) is 4.70. The molecule has 1 amide bonds. The molecule has 0 aliphatic rings. The number of nitrogens with zero attached hydrogens (tertiary/aromatic N) is 5. The molecule has 0 aliphatic heterocycles. The highest BCUT2D eigenvalue weighted by Crippen LogP contribution is 2.33. The number of halogens is 1. The van der Waals surface area contributed by atoms with Crippen LogP contribution in [0.5, 0.6) is 0 Å². The molecule has 0 atom stereocenters. The molecule has 2 heterocycles. The zero-order valence-electron chi connectivity index (χ0n) is 24.3. The number of aromatic nitrogens is 4. The quantitative estimate of drug-likeness (QED) is 0.0505. The fraction of sp³-hybridized carbons (Fsp3) is 0.0294. The van der Waals surface area contributed by atoms with Crippen LogP contribution >= 0.6 is 11.8 Å². The molecule has 0 saturated heterocycles. The van der Waals surface area contributed by atoms with E-state index in [2.05, 4.69) is 20.6 Å². The highest BCUT2D eigenvalue weighted by Gasteiger charge is 2.20. The molecule has 0 spiro atoms. The molecule has 6 aromatic rings. The van der Waals surface area contributed by atoms with Crippen molar-refractivity contribution in [2.24, 2.45) is 0 Å². The van der Waals surface area contributed by atoms with E-state index in [0.29, 0.717) is 33.6 Å². The number of ketones is 1. The highest BCUT2D eigenvalue weighted by atomic mass is 32.2. The van der Waals surface area contributed by atoms with Crippen molar-refractivity contribution in [1.29, 1.82) is 0 Å². The second kappa shape index (κ2) is 13.8. The smallest absolute Gasteiger partial charge is 0.277 e. The maximum atomic E-state index is 13.6. The Hall–Kier alpha value is -6.21. The molecule has 6 rings (SSSR count). The molecular formula is C34H23FN6O5S. The van der Waals surface area contributed by atoms with E-state index in [0.717, 1.165) is 17.4 Å². The van der Waals surface area contributed by atoms with Crippen LogP contribution in [0.3, 0.4) is 0 Å². The van der Waals surface area contributed by atoms with Crippen LogP contribution in [0.2, 0.25) is 0 Å². The van der Waals surface area contributed by atoms with Gasteiger partial charge in [0.2, 0.25) is 5.91 Å². The van der Waals surface area contributed by atoms with Crippen LogP contribution in [-0.4, -0.2) is 42.3 Å². The van der Waals surface area contributed by atoms with Crippen LogP contribution in [0.4, 0.5) is 15.8 Å². The third-order valence-corrected chi connectivity index (χ3v) is 7.62. The van der Waals surface area contributed by atoms with Gasteiger partial charge in [0.15, 0.2) is 5.78 Å². The Morgan fingerprint density at radius 2 is 1.66 bits per heavy atom. The summed E-state index contributed by atoms with van der Waals surface area (Å²) in [6, 6.07) is 27.6. The molecule has 2 aromatic heterocycles. The average Bonchev–Trinajstić information content (AvgIpc) is 3.75. The number of non-ortho nitro benzene ring substituents is 1. The van der Waals surface area contributed by atoms with E-state index in [1.807, 2.05) is 30.3 Å². The van der Waals surface area contributed by atoms with E-state index >= 15 is 0 Å². The molecule has 232 valence electrons. The monoisotopic (exact) mass is 646 g/mol. The van der Waals surface area contributed by atoms with Gasteiger partial charge in [0.25, 0.3) is 16.8 Å². The Labute approximate surface area is 270 Å². The summed E-state index contributed by atoms with van der Waals surface area (Å²) >= 11 is 1.06. The summed E-state index contributed by atoms with van der Waals surface area (Å²) in [5.74, 6) is -0.783. The molecule has 0 fully saturated rings. The average molecular weight is 647 g/mol. The third-order valence-electron chi connectivity index (χ3n) is 6.80. The van der Waals surface area contributed by atoms with Gasteiger partial charge in [-0.25, -0.2) is 9.07 Å². The lowest BCUT2D eigenvalue weighted by Crippen LogP contribution is -2.14. The SMILES string of the molecule is O=C(CSc1nnc(-c2cn(-c3ccccc3)nc2-c2ccc(F)cc2)o1)Nc1ccc(C(=O)/C=C/c2ccc([N+](=O)[O-])cc2)cc1. The minimum absolute atomic E-state index is 0.0195. The van der Waals surface area contributed by atoms with Crippen LogP contribution < -0.4 is 5.32 Å². The molecule has 0 radical (unpaired) electrons. The first-order valence-corrected chi connectivity index (χ1v) is 15.1. The molecule has 0 bridgehead atoms. The van der Waals surface area contributed by atoms with Crippen LogP contribution in [-0.2, 0) is 4.79 Å². The molecule has 47 heavy (non-hydrogen) atoms. The molecule has 13 heteroatoms. The number of para-hydroxylation sites is 1. The predicted molar refractivity (Wildman–Crippen MR) is 175 cm³/mol. The summed E-state index contributed by atoms with van der Waals surface area (Å²) in [5, 5.41) is 26.7. The number of anilines is 1. The van der Waals surface area contributed by atoms with Crippen molar-refractivity contribution in [3.63, 3.8) is 0 Å². The van der Waals surface area contributed by atoms with Gasteiger partial charge in [-0.3, -0.25) is 19.7 Å². The lowest BCUT2D eigenvalue weighted by atomic mass is 10.1. The van der Waals surface area contributed by atoms with E-state index in [1.165, 1.54) is 30.3 Å². The molecule has 4 aromatic carbocycles. The van der Waals surface area contributed by atoms with Gasteiger partial charge in [-0.05, 0) is 84.4 Å². The number of hydrogen-bond acceptors (Lipinski definition) is 9. The predicted octanol–water partition coefficient (Wildman–Crippen LogP) is 7.26. The van der Waals surface area contributed by atoms with Gasteiger partial charge < -0.3 is 9.73 Å². The van der Waals surface area contributed by atoms with Gasteiger partial charge in [-0.1, -0.05) is 36.0 Å². The summed E-state index contributed by atoms with van der Waals surface area (Å²) in [5.41, 5.74) is 4.06. The van der Waals surface area contributed by atoms with Gasteiger partial charge in [0.1, 0.15) is 11.5 Å². The lowest BCUT2D eigenvalue weighted by molar-refractivity contribution is -0.384. The summed E-state index contributed by atoms with van der Waals surface area (Å²) < 4.78 is 21.2. The minimum atomic E-state index is -0.490. The second-order valence-corrected chi connectivity index (χ2v) is 10.9. The van der Waals surface area contributed by atoms with E-state index in [4.69, 9.17) is 4.42 Å². The van der Waals surface area contributed by atoms with E-state index in [-0.39, 0.29) is 40.1 Å². The van der Waals surface area contributed by atoms with Crippen LogP contribution in [0.25, 0.3) is 34.5 Å². The third kappa shape index (κ3) is 7.54. The lowest BCUT2D eigenvalue weighted by Gasteiger charge is -2.05. The van der Waals surface area contributed by atoms with Gasteiger partial charge >= 0.3 is 0 Å². The van der Waals surface area contributed by atoms with Crippen molar-refractivity contribution < 1.29 is 23.3 Å². The molecule has 11 nitrogen and oxygen atoms in total. The number of hydrogen-bond donors (Lipinski definition) is 1. The van der Waals surface area contributed by atoms with E-state index in [1.54, 1.807) is 65.5 Å². The Morgan fingerprint density at radius 1 is 0.936 bits per heavy atom. The molecule has 0 aliphatic carbocycles. The Morgan fingerprint density at radius 3 is 2.36 bits per heavy atom. The van der Waals surface area contributed by atoms with Gasteiger partial charge in [0, 0.05) is 35.1 Å². The first-order valence-electron chi connectivity index (χ1n) is 14.1. The van der Waals surface area contributed by atoms with Crippen molar-refractivity contribution >= 4 is 40.9 Å².